The van der Waals surface area contributed by atoms with Crippen molar-refractivity contribution in [2.75, 3.05) is 30.4 Å². The van der Waals surface area contributed by atoms with Gasteiger partial charge in [-0.2, -0.15) is 4.98 Å². The van der Waals surface area contributed by atoms with Gasteiger partial charge in [0, 0.05) is 25.9 Å². The molecule has 2 aliphatic rings. The quantitative estimate of drug-likeness (QED) is 0.424. The number of pyridine rings is 1. The van der Waals surface area contributed by atoms with Crippen LogP contribution < -0.4 is 10.2 Å². The smallest absolute Gasteiger partial charge is 0.305 e. The SMILES string of the molecule is CCc1nc(-c2nnn(C)c2CNc2noc(C3CC3)n2)ccc1N1CC(CC(=O)OC)CC(F)(F)C1. The predicted molar refractivity (Wildman–Crippen MR) is 129 cm³/mol. The van der Waals surface area contributed by atoms with E-state index in [1.54, 1.807) is 28.8 Å². The molecule has 1 aliphatic carbocycles. The van der Waals surface area contributed by atoms with E-state index in [1.807, 2.05) is 6.92 Å². The average molecular weight is 517 g/mol. The summed E-state index contributed by atoms with van der Waals surface area (Å²) in [4.78, 5) is 22.5. The van der Waals surface area contributed by atoms with Gasteiger partial charge in [-0.3, -0.25) is 4.79 Å². The third-order valence-corrected chi connectivity index (χ3v) is 6.76. The summed E-state index contributed by atoms with van der Waals surface area (Å²) in [5.74, 6) is -2.50. The number of carbonyl (C=O) groups excluding carboxylic acids is 1. The molecule has 1 saturated heterocycles. The summed E-state index contributed by atoms with van der Waals surface area (Å²) in [5.41, 5.74) is 3.23. The van der Waals surface area contributed by atoms with E-state index in [2.05, 4.69) is 25.8 Å². The maximum atomic E-state index is 14.6. The summed E-state index contributed by atoms with van der Waals surface area (Å²) in [6.45, 7) is 2.18. The van der Waals surface area contributed by atoms with Crippen LogP contribution in [0.4, 0.5) is 20.4 Å². The molecule has 1 aliphatic heterocycles. The van der Waals surface area contributed by atoms with E-state index in [4.69, 9.17) is 14.2 Å². The highest BCUT2D eigenvalue weighted by atomic mass is 19.3. The van der Waals surface area contributed by atoms with Crippen molar-refractivity contribution in [1.82, 2.24) is 30.1 Å². The first-order valence-corrected chi connectivity index (χ1v) is 12.4. The minimum atomic E-state index is -2.92. The van der Waals surface area contributed by atoms with Crippen LogP contribution in [0.5, 0.6) is 0 Å². The van der Waals surface area contributed by atoms with Crippen LogP contribution in [-0.2, 0) is 29.5 Å². The Morgan fingerprint density at radius 3 is 2.84 bits per heavy atom. The molecule has 0 bridgehead atoms. The van der Waals surface area contributed by atoms with Crippen LogP contribution in [-0.4, -0.2) is 62.2 Å². The molecule has 0 amide bonds. The number of anilines is 2. The lowest BCUT2D eigenvalue weighted by Crippen LogP contribution is -2.48. The third-order valence-electron chi connectivity index (χ3n) is 6.76. The zero-order chi connectivity index (χ0) is 26.2. The maximum Gasteiger partial charge on any atom is 0.305 e. The number of carbonyl (C=O) groups is 1. The van der Waals surface area contributed by atoms with Gasteiger partial charge in [-0.05, 0) is 42.5 Å². The second-order valence-corrected chi connectivity index (χ2v) is 9.70. The van der Waals surface area contributed by atoms with Gasteiger partial charge in [-0.1, -0.05) is 12.1 Å². The van der Waals surface area contributed by atoms with Crippen LogP contribution in [0.2, 0.25) is 0 Å². The number of esters is 1. The number of rotatable bonds is 9. The Labute approximate surface area is 212 Å². The van der Waals surface area contributed by atoms with Gasteiger partial charge in [0.15, 0.2) is 0 Å². The first-order chi connectivity index (χ1) is 17.8. The van der Waals surface area contributed by atoms with Crippen LogP contribution in [0.3, 0.4) is 0 Å². The number of hydrogen-bond acceptors (Lipinski definition) is 10. The number of piperidine rings is 1. The van der Waals surface area contributed by atoms with E-state index in [0.717, 1.165) is 18.5 Å². The predicted octanol–water partition coefficient (Wildman–Crippen LogP) is 3.34. The fourth-order valence-corrected chi connectivity index (χ4v) is 4.76. The van der Waals surface area contributed by atoms with Gasteiger partial charge >= 0.3 is 5.97 Å². The van der Waals surface area contributed by atoms with Gasteiger partial charge in [0.2, 0.25) is 5.89 Å². The van der Waals surface area contributed by atoms with Crippen molar-refractivity contribution in [1.29, 1.82) is 0 Å². The zero-order valence-electron chi connectivity index (χ0n) is 21.1. The largest absolute Gasteiger partial charge is 0.469 e. The van der Waals surface area contributed by atoms with Gasteiger partial charge in [0.05, 0.1) is 49.4 Å². The molecule has 0 radical (unpaired) electrons. The Morgan fingerprint density at radius 1 is 1.30 bits per heavy atom. The minimum absolute atomic E-state index is 0.0476. The molecule has 2 fully saturated rings. The van der Waals surface area contributed by atoms with Crippen molar-refractivity contribution in [2.45, 2.75) is 57.4 Å². The summed E-state index contributed by atoms with van der Waals surface area (Å²) in [6.07, 6.45) is 2.28. The Morgan fingerprint density at radius 2 is 2.11 bits per heavy atom. The van der Waals surface area contributed by atoms with Gasteiger partial charge in [0.25, 0.3) is 11.9 Å². The van der Waals surface area contributed by atoms with Crippen LogP contribution >= 0.6 is 0 Å². The van der Waals surface area contributed by atoms with E-state index in [-0.39, 0.29) is 12.8 Å². The van der Waals surface area contributed by atoms with Crippen LogP contribution in [0.15, 0.2) is 16.7 Å². The van der Waals surface area contributed by atoms with E-state index in [9.17, 15) is 13.6 Å². The number of nitrogens with zero attached hydrogens (tertiary/aromatic N) is 7. The first kappa shape index (κ1) is 25.0. The van der Waals surface area contributed by atoms with Crippen LogP contribution in [0, 0.1) is 5.92 Å². The van der Waals surface area contributed by atoms with Crippen molar-refractivity contribution in [2.24, 2.45) is 13.0 Å². The molecule has 0 aromatic carbocycles. The first-order valence-electron chi connectivity index (χ1n) is 12.4. The second kappa shape index (κ2) is 10.0. The molecule has 1 saturated carbocycles. The number of hydrogen-bond donors (Lipinski definition) is 1. The molecular formula is C24H30F2N8O3. The fourth-order valence-electron chi connectivity index (χ4n) is 4.76. The summed E-state index contributed by atoms with van der Waals surface area (Å²) >= 11 is 0. The highest BCUT2D eigenvalue weighted by Gasteiger charge is 2.41. The molecule has 0 spiro atoms. The lowest BCUT2D eigenvalue weighted by Gasteiger charge is -2.39. The number of nitrogens with one attached hydrogen (secondary N) is 1. The number of halogens is 2. The normalized spacial score (nSPS) is 19.2. The molecule has 4 heterocycles. The molecule has 3 aromatic heterocycles. The van der Waals surface area contributed by atoms with Crippen LogP contribution in [0.25, 0.3) is 11.4 Å². The monoisotopic (exact) mass is 516 g/mol. The van der Waals surface area contributed by atoms with Gasteiger partial charge < -0.3 is 19.5 Å². The van der Waals surface area contributed by atoms with E-state index in [1.165, 1.54) is 7.11 Å². The zero-order valence-corrected chi connectivity index (χ0v) is 21.1. The highest BCUT2D eigenvalue weighted by molar-refractivity contribution is 5.70. The summed E-state index contributed by atoms with van der Waals surface area (Å²) in [6, 6.07) is 3.56. The summed E-state index contributed by atoms with van der Waals surface area (Å²) < 4.78 is 40.8. The molecule has 3 aromatic rings. The Hall–Kier alpha value is -3.64. The van der Waals surface area contributed by atoms with Crippen molar-refractivity contribution in [3.63, 3.8) is 0 Å². The molecule has 11 nitrogen and oxygen atoms in total. The van der Waals surface area contributed by atoms with Gasteiger partial charge in [0.1, 0.15) is 5.69 Å². The van der Waals surface area contributed by atoms with Gasteiger partial charge in [-0.15, -0.1) is 5.10 Å². The number of methoxy groups -OCH3 is 1. The summed E-state index contributed by atoms with van der Waals surface area (Å²) in [5, 5.41) is 15.6. The topological polar surface area (TPSA) is 124 Å². The molecule has 198 valence electrons. The molecule has 1 atom stereocenters. The Kier molecular flexibility index (Phi) is 6.78. The van der Waals surface area contributed by atoms with Crippen molar-refractivity contribution in [3.05, 3.63) is 29.4 Å². The van der Waals surface area contributed by atoms with E-state index < -0.39 is 24.4 Å². The van der Waals surface area contributed by atoms with Crippen molar-refractivity contribution >= 4 is 17.6 Å². The number of ether oxygens (including phenoxy) is 1. The van der Waals surface area contributed by atoms with E-state index in [0.29, 0.717) is 60.0 Å². The summed E-state index contributed by atoms with van der Waals surface area (Å²) in [7, 11) is 3.05. The number of aryl methyl sites for hydroxylation is 2. The fraction of sp³-hybridized carbons (Fsp3) is 0.583. The molecule has 5 rings (SSSR count). The van der Waals surface area contributed by atoms with Gasteiger partial charge in [-0.25, -0.2) is 18.4 Å². The lowest BCUT2D eigenvalue weighted by molar-refractivity contribution is -0.142. The second-order valence-electron chi connectivity index (χ2n) is 9.70. The van der Waals surface area contributed by atoms with Crippen molar-refractivity contribution in [3.8, 4) is 11.4 Å². The third kappa shape index (κ3) is 5.54. The van der Waals surface area contributed by atoms with Crippen molar-refractivity contribution < 1.29 is 22.8 Å². The standard InChI is InChI=1S/C24H30F2N8O3/c1-4-16-18(34-12-14(9-20(35)36-3)10-24(25,26)13-34)8-7-17(28-16)21-19(33(2)32-30-21)11-27-23-29-22(37-31-23)15-5-6-15/h7-8,14-15H,4-6,9-13H2,1-3H3,(H,27,31). The lowest BCUT2D eigenvalue weighted by atomic mass is 9.91. The molecule has 37 heavy (non-hydrogen) atoms. The minimum Gasteiger partial charge on any atom is -0.469 e. The Balaban J connectivity index is 1.36. The molecular weight excluding hydrogens is 486 g/mol. The maximum absolute atomic E-state index is 14.6. The van der Waals surface area contributed by atoms with E-state index >= 15 is 0 Å². The average Bonchev–Trinajstić information content (AvgIpc) is 3.50. The molecule has 13 heteroatoms. The Bertz CT molecular complexity index is 1270. The van der Waals surface area contributed by atoms with Crippen LogP contribution in [0.1, 0.15) is 55.8 Å². The number of alkyl halides is 2. The number of aromatic nitrogens is 6. The molecule has 1 N–H and O–H groups in total. The molecule has 1 unspecified atom stereocenters. The highest BCUT2D eigenvalue weighted by Crippen LogP contribution is 2.39.